The lowest BCUT2D eigenvalue weighted by Crippen LogP contribution is -2.38. The van der Waals surface area contributed by atoms with Crippen molar-refractivity contribution < 1.29 is 19.1 Å². The van der Waals surface area contributed by atoms with Crippen LogP contribution in [-0.4, -0.2) is 17.0 Å². The normalized spacial score (nSPS) is 14.3. The van der Waals surface area contributed by atoms with E-state index < -0.39 is 17.9 Å². The molecular weight excluding hydrogens is 333 g/mol. The van der Waals surface area contributed by atoms with Crippen molar-refractivity contribution in [3.8, 4) is 0 Å². The highest BCUT2D eigenvalue weighted by atomic mass is 19.1. The van der Waals surface area contributed by atoms with Gasteiger partial charge in [-0.25, -0.2) is 4.39 Å². The summed E-state index contributed by atoms with van der Waals surface area (Å²) in [5, 5.41) is 12.2. The van der Waals surface area contributed by atoms with Gasteiger partial charge in [-0.05, 0) is 43.0 Å². The molecule has 0 aliphatic heterocycles. The number of aryl methyl sites for hydroxylation is 1. The molecule has 2 rings (SSSR count). The van der Waals surface area contributed by atoms with Crippen molar-refractivity contribution in [1.82, 2.24) is 5.32 Å². The summed E-state index contributed by atoms with van der Waals surface area (Å²) in [6.45, 7) is 3.37. The summed E-state index contributed by atoms with van der Waals surface area (Å²) in [4.78, 5) is 24.0. The van der Waals surface area contributed by atoms with Gasteiger partial charge in [0.05, 0.1) is 12.0 Å². The molecule has 3 unspecified atom stereocenters. The number of hydrogen-bond donors (Lipinski definition) is 2. The Morgan fingerprint density at radius 3 is 2.38 bits per heavy atom. The first-order valence-electron chi connectivity index (χ1n) is 8.71. The number of halogens is 1. The maximum absolute atomic E-state index is 13.2. The molecular formula is C21H24FNO3. The third kappa shape index (κ3) is 5.41. The van der Waals surface area contributed by atoms with Gasteiger partial charge in [0.25, 0.3) is 0 Å². The Hall–Kier alpha value is -2.69. The second kappa shape index (κ2) is 9.13. The molecule has 2 N–H and O–H groups in total. The van der Waals surface area contributed by atoms with Crippen LogP contribution in [0.2, 0.25) is 0 Å². The number of nitrogens with one attached hydrogen (secondary N) is 1. The highest BCUT2D eigenvalue weighted by Crippen LogP contribution is 2.23. The summed E-state index contributed by atoms with van der Waals surface area (Å²) >= 11 is 0. The molecule has 3 atom stereocenters. The van der Waals surface area contributed by atoms with Gasteiger partial charge in [-0.1, -0.05) is 49.4 Å². The summed E-state index contributed by atoms with van der Waals surface area (Å²) in [5.74, 6) is -2.53. The highest BCUT2D eigenvalue weighted by molar-refractivity contribution is 5.80. The molecule has 2 aromatic carbocycles. The van der Waals surface area contributed by atoms with Gasteiger partial charge >= 0.3 is 5.97 Å². The molecule has 0 heterocycles. The van der Waals surface area contributed by atoms with Gasteiger partial charge in [0, 0.05) is 5.92 Å². The van der Waals surface area contributed by atoms with Crippen LogP contribution in [0.1, 0.15) is 37.4 Å². The molecule has 0 saturated carbocycles. The van der Waals surface area contributed by atoms with Crippen molar-refractivity contribution in [3.63, 3.8) is 0 Å². The summed E-state index contributed by atoms with van der Waals surface area (Å²) in [6, 6.07) is 14.8. The van der Waals surface area contributed by atoms with Crippen LogP contribution in [0.4, 0.5) is 4.39 Å². The quantitative estimate of drug-likeness (QED) is 0.751. The van der Waals surface area contributed by atoms with Gasteiger partial charge in [-0.2, -0.15) is 0 Å². The number of benzene rings is 2. The minimum atomic E-state index is -0.966. The summed E-state index contributed by atoms with van der Waals surface area (Å²) in [6.07, 6.45) is 1.13. The number of carboxylic acids is 1. The molecule has 0 bridgehead atoms. The predicted molar refractivity (Wildman–Crippen MR) is 98.0 cm³/mol. The van der Waals surface area contributed by atoms with Crippen molar-refractivity contribution in [2.45, 2.75) is 32.7 Å². The zero-order chi connectivity index (χ0) is 19.1. The Kier molecular flexibility index (Phi) is 6.89. The first-order chi connectivity index (χ1) is 12.4. The minimum absolute atomic E-state index is 0.205. The predicted octanol–water partition coefficient (Wildman–Crippen LogP) is 3.97. The van der Waals surface area contributed by atoms with Crippen LogP contribution in [0.5, 0.6) is 0 Å². The van der Waals surface area contributed by atoms with Crippen LogP contribution in [0.3, 0.4) is 0 Å². The molecule has 5 heteroatoms. The first kappa shape index (κ1) is 19.6. The molecule has 0 aliphatic rings. The van der Waals surface area contributed by atoms with Crippen molar-refractivity contribution in [2.75, 3.05) is 0 Å². The maximum Gasteiger partial charge on any atom is 0.308 e. The lowest BCUT2D eigenvalue weighted by molar-refractivity contribution is -0.142. The number of amides is 1. The number of rotatable bonds is 8. The van der Waals surface area contributed by atoms with Crippen LogP contribution in [0, 0.1) is 17.7 Å². The minimum Gasteiger partial charge on any atom is -0.481 e. The zero-order valence-electron chi connectivity index (χ0n) is 15.0. The SMILES string of the molecule is CC(CCc1cccc(F)c1)C(=O)NC(c1ccccc1)C(C)C(=O)O. The lowest BCUT2D eigenvalue weighted by atomic mass is 9.93. The van der Waals surface area contributed by atoms with E-state index in [9.17, 15) is 19.1 Å². The average Bonchev–Trinajstić information content (AvgIpc) is 2.64. The molecule has 0 aromatic heterocycles. The summed E-state index contributed by atoms with van der Waals surface area (Å²) in [5.41, 5.74) is 1.59. The number of carboxylic acid groups (broad SMARTS) is 1. The van der Waals surface area contributed by atoms with Crippen LogP contribution in [-0.2, 0) is 16.0 Å². The van der Waals surface area contributed by atoms with Crippen LogP contribution in [0.25, 0.3) is 0 Å². The van der Waals surface area contributed by atoms with E-state index in [2.05, 4.69) is 5.32 Å². The molecule has 0 spiro atoms. The average molecular weight is 357 g/mol. The van der Waals surface area contributed by atoms with Gasteiger partial charge < -0.3 is 10.4 Å². The summed E-state index contributed by atoms with van der Waals surface area (Å²) in [7, 11) is 0. The molecule has 0 radical (unpaired) electrons. The Balaban J connectivity index is 2.02. The zero-order valence-corrected chi connectivity index (χ0v) is 15.0. The standard InChI is InChI=1S/C21H24FNO3/c1-14(11-12-16-7-6-10-18(22)13-16)20(24)23-19(15(2)21(25)26)17-8-4-3-5-9-17/h3-10,13-15,19H,11-12H2,1-2H3,(H,23,24)(H,25,26). The van der Waals surface area contributed by atoms with Gasteiger partial charge in [0.15, 0.2) is 0 Å². The van der Waals surface area contributed by atoms with E-state index >= 15 is 0 Å². The highest BCUT2D eigenvalue weighted by Gasteiger charge is 2.28. The van der Waals surface area contributed by atoms with E-state index in [1.54, 1.807) is 19.9 Å². The second-order valence-electron chi connectivity index (χ2n) is 6.59. The van der Waals surface area contributed by atoms with Gasteiger partial charge in [0.1, 0.15) is 5.82 Å². The van der Waals surface area contributed by atoms with Crippen LogP contribution >= 0.6 is 0 Å². The number of carbonyl (C=O) groups excluding carboxylic acids is 1. The third-order valence-electron chi connectivity index (χ3n) is 4.55. The van der Waals surface area contributed by atoms with Gasteiger partial charge in [-0.3, -0.25) is 9.59 Å². The molecule has 0 saturated heterocycles. The van der Waals surface area contributed by atoms with E-state index in [0.717, 1.165) is 11.1 Å². The fourth-order valence-corrected chi connectivity index (χ4v) is 2.80. The molecule has 4 nitrogen and oxygen atoms in total. The third-order valence-corrected chi connectivity index (χ3v) is 4.55. The van der Waals surface area contributed by atoms with E-state index in [4.69, 9.17) is 0 Å². The number of carbonyl (C=O) groups is 2. The Morgan fingerprint density at radius 1 is 1.08 bits per heavy atom. The molecule has 0 fully saturated rings. The van der Waals surface area contributed by atoms with E-state index in [0.29, 0.717) is 12.8 Å². The fraction of sp³-hybridized carbons (Fsp3) is 0.333. The lowest BCUT2D eigenvalue weighted by Gasteiger charge is -2.24. The van der Waals surface area contributed by atoms with Gasteiger partial charge in [-0.15, -0.1) is 0 Å². The smallest absolute Gasteiger partial charge is 0.308 e. The molecule has 0 aliphatic carbocycles. The van der Waals surface area contributed by atoms with E-state index in [-0.39, 0.29) is 17.6 Å². The second-order valence-corrected chi connectivity index (χ2v) is 6.59. The summed E-state index contributed by atoms with van der Waals surface area (Å²) < 4.78 is 13.2. The maximum atomic E-state index is 13.2. The van der Waals surface area contributed by atoms with E-state index in [1.165, 1.54) is 12.1 Å². The van der Waals surface area contributed by atoms with Crippen molar-refractivity contribution in [3.05, 3.63) is 71.5 Å². The molecule has 26 heavy (non-hydrogen) atoms. The van der Waals surface area contributed by atoms with E-state index in [1.807, 2.05) is 36.4 Å². The first-order valence-corrected chi connectivity index (χ1v) is 8.71. The Labute approximate surface area is 153 Å². The van der Waals surface area contributed by atoms with Crippen LogP contribution in [0.15, 0.2) is 54.6 Å². The molecule has 138 valence electrons. The van der Waals surface area contributed by atoms with Gasteiger partial charge in [0.2, 0.25) is 5.91 Å². The van der Waals surface area contributed by atoms with Crippen molar-refractivity contribution in [2.24, 2.45) is 11.8 Å². The topological polar surface area (TPSA) is 66.4 Å². The van der Waals surface area contributed by atoms with Crippen molar-refractivity contribution >= 4 is 11.9 Å². The Bertz CT molecular complexity index is 748. The van der Waals surface area contributed by atoms with Crippen LogP contribution < -0.4 is 5.32 Å². The van der Waals surface area contributed by atoms with Crippen molar-refractivity contribution in [1.29, 1.82) is 0 Å². The molecule has 2 aromatic rings. The number of aliphatic carboxylic acids is 1. The monoisotopic (exact) mass is 357 g/mol. The Morgan fingerprint density at radius 2 is 1.77 bits per heavy atom. The molecule has 1 amide bonds. The largest absolute Gasteiger partial charge is 0.481 e. The fourth-order valence-electron chi connectivity index (χ4n) is 2.80. The number of hydrogen-bond acceptors (Lipinski definition) is 2.